The van der Waals surface area contributed by atoms with Crippen LogP contribution in [-0.4, -0.2) is 37.8 Å². The van der Waals surface area contributed by atoms with Crippen molar-refractivity contribution in [2.24, 2.45) is 11.8 Å². The summed E-state index contributed by atoms with van der Waals surface area (Å²) in [6.45, 7) is -11.6. The largest absolute Gasteiger partial charge is 0.493 e. The van der Waals surface area contributed by atoms with Crippen LogP contribution in [0.3, 0.4) is 0 Å². The first kappa shape index (κ1) is 5.22. The van der Waals surface area contributed by atoms with Gasteiger partial charge in [0.05, 0.1) is 22.3 Å². The van der Waals surface area contributed by atoms with Crippen LogP contribution in [-0.2, 0) is 11.2 Å². The highest BCUT2D eigenvalue weighted by atomic mass is 16.5. The molecule has 126 valence electrons. The predicted octanol–water partition coefficient (Wildman–Crippen LogP) is 3.24. The van der Waals surface area contributed by atoms with E-state index in [2.05, 4.69) is 0 Å². The molecule has 1 saturated heterocycles. The molecule has 0 aliphatic carbocycles. The van der Waals surface area contributed by atoms with Crippen LogP contribution >= 0.6 is 0 Å². The van der Waals surface area contributed by atoms with E-state index in [0.717, 1.165) is 17.0 Å². The molecular weight excluding hydrogens is 290 g/mol. The molecule has 1 fully saturated rings. The van der Waals surface area contributed by atoms with Gasteiger partial charge in [-0.1, -0.05) is 13.7 Å². The minimum atomic E-state index is -4.10. The number of methoxy groups -OCH3 is 2. The van der Waals surface area contributed by atoms with Gasteiger partial charge >= 0.3 is 0 Å². The molecule has 23 heavy (non-hydrogen) atoms. The molecule has 1 aromatic carbocycles. The van der Waals surface area contributed by atoms with Crippen molar-refractivity contribution in [2.75, 3.05) is 27.1 Å². The van der Waals surface area contributed by atoms with Crippen molar-refractivity contribution in [3.63, 3.8) is 0 Å². The second kappa shape index (κ2) is 6.52. The lowest BCUT2D eigenvalue weighted by Crippen LogP contribution is -2.46. The van der Waals surface area contributed by atoms with Crippen LogP contribution in [0.1, 0.15) is 68.3 Å². The normalized spacial score (nSPS) is 44.5. The van der Waals surface area contributed by atoms with Crippen LogP contribution in [0.4, 0.5) is 0 Å². The van der Waals surface area contributed by atoms with Gasteiger partial charge in [-0.15, -0.1) is 0 Å². The fourth-order valence-electron chi connectivity index (χ4n) is 2.93. The Labute approximate surface area is 164 Å². The second-order valence-corrected chi connectivity index (χ2v) is 5.28. The van der Waals surface area contributed by atoms with Gasteiger partial charge in [0.2, 0.25) is 0 Å². The average Bonchev–Trinajstić information content (AvgIpc) is 2.73. The quantitative estimate of drug-likeness (QED) is 0.847. The van der Waals surface area contributed by atoms with Crippen molar-refractivity contribution in [2.45, 2.75) is 39.0 Å². The van der Waals surface area contributed by atoms with Crippen molar-refractivity contribution in [3.8, 4) is 11.5 Å². The lowest BCUT2D eigenvalue weighted by atomic mass is 9.80. The Bertz CT molecular complexity index is 1190. The minimum absolute atomic E-state index is 0.0667. The molecule has 3 rings (SSSR count). The molecule has 0 aromatic heterocycles. The third-order valence-corrected chi connectivity index (χ3v) is 3.95. The zero-order valence-corrected chi connectivity index (χ0v) is 12.0. The molecule has 0 bridgehead atoms. The molecule has 0 radical (unpaired) electrons. The molecular formula is C19H27NO3. The second-order valence-electron chi connectivity index (χ2n) is 5.28. The molecule has 2 heterocycles. The highest BCUT2D eigenvalue weighted by molar-refractivity contribution is 5.83. The van der Waals surface area contributed by atoms with Crippen LogP contribution in [0.2, 0.25) is 0 Å². The summed E-state index contributed by atoms with van der Waals surface area (Å²) in [5.74, 6) is -10.4. The summed E-state index contributed by atoms with van der Waals surface area (Å²) in [4.78, 5) is 14.4. The van der Waals surface area contributed by atoms with Crippen molar-refractivity contribution in [3.05, 3.63) is 23.3 Å². The zero-order valence-electron chi connectivity index (χ0n) is 30.0. The van der Waals surface area contributed by atoms with E-state index in [0.29, 0.717) is 5.56 Å². The zero-order chi connectivity index (χ0) is 32.0. The van der Waals surface area contributed by atoms with Crippen molar-refractivity contribution >= 4 is 5.78 Å². The number of carbonyl (C=O) groups is 1. The van der Waals surface area contributed by atoms with E-state index in [-0.39, 0.29) is 18.5 Å². The number of carbonyl (C=O) groups excluding carboxylic acids is 1. The van der Waals surface area contributed by atoms with Crippen LogP contribution in [0, 0.1) is 11.8 Å². The van der Waals surface area contributed by atoms with Crippen LogP contribution in [0.15, 0.2) is 12.1 Å². The Morgan fingerprint density at radius 2 is 2.26 bits per heavy atom. The first-order valence-electron chi connectivity index (χ1n) is 15.9. The predicted molar refractivity (Wildman–Crippen MR) is 90.1 cm³/mol. The van der Waals surface area contributed by atoms with E-state index in [1.165, 1.54) is 0 Å². The fourth-order valence-corrected chi connectivity index (χ4v) is 2.93. The smallest absolute Gasteiger partial charge is 0.161 e. The third-order valence-electron chi connectivity index (χ3n) is 3.95. The summed E-state index contributed by atoms with van der Waals surface area (Å²) in [6.07, 6.45) is -5.08. The van der Waals surface area contributed by atoms with Crippen molar-refractivity contribution in [1.29, 1.82) is 0 Å². The molecule has 2 aliphatic heterocycles. The fraction of sp³-hybridized carbons (Fsp3) is 0.632. The third kappa shape index (κ3) is 3.09. The molecule has 0 saturated carbocycles. The molecule has 2 aliphatic rings. The number of piperidine rings is 1. The number of nitrogens with zero attached hydrogens (tertiary/aromatic N) is 1. The molecule has 0 spiro atoms. The van der Waals surface area contributed by atoms with E-state index in [1.807, 2.05) is 0 Å². The summed E-state index contributed by atoms with van der Waals surface area (Å²) in [7, 11) is -6.09. The van der Waals surface area contributed by atoms with Gasteiger partial charge in [-0.3, -0.25) is 9.69 Å². The standard InChI is InChI=1S/C19H27NO3/c1-12(2)7-14-11-20-6-5-13-8-18(22-3)19(23-4)9-15(13)16(20)10-17(14)21/h8-9,12,14,16H,5-7,10-11H2,1-4H3/i1D3,2D3,3D3,4D3,7D2,11D2,12D,14D. The van der Waals surface area contributed by atoms with Crippen molar-refractivity contribution < 1.29 is 38.9 Å². The van der Waals surface area contributed by atoms with Gasteiger partial charge in [-0.05, 0) is 41.9 Å². The molecule has 4 nitrogen and oxygen atoms in total. The summed E-state index contributed by atoms with van der Waals surface area (Å²) >= 11 is 0. The Balaban J connectivity index is 2.20. The van der Waals surface area contributed by atoms with E-state index >= 15 is 0 Å². The van der Waals surface area contributed by atoms with E-state index in [9.17, 15) is 4.79 Å². The maximum Gasteiger partial charge on any atom is 0.161 e. The van der Waals surface area contributed by atoms with Crippen LogP contribution < -0.4 is 9.47 Å². The summed E-state index contributed by atoms with van der Waals surface area (Å²) < 4.78 is 152. The summed E-state index contributed by atoms with van der Waals surface area (Å²) in [5.41, 5.74) is 0.365. The monoisotopic (exact) mass is 335 g/mol. The Morgan fingerprint density at radius 1 is 1.48 bits per heavy atom. The molecule has 1 aromatic rings. The van der Waals surface area contributed by atoms with E-state index in [4.69, 9.17) is 34.1 Å². The molecule has 4 heteroatoms. The van der Waals surface area contributed by atoms with Gasteiger partial charge in [0, 0.05) is 47.8 Å². The summed E-state index contributed by atoms with van der Waals surface area (Å²) in [6, 6.07) is 0.880. The number of hydrogen-bond acceptors (Lipinski definition) is 4. The highest BCUT2D eigenvalue weighted by Gasteiger charge is 2.38. The molecule has 0 N–H and O–H groups in total. The minimum Gasteiger partial charge on any atom is -0.493 e. The van der Waals surface area contributed by atoms with Gasteiger partial charge in [0.1, 0.15) is 5.78 Å². The van der Waals surface area contributed by atoms with Gasteiger partial charge in [-0.25, -0.2) is 0 Å². The topological polar surface area (TPSA) is 38.8 Å². The van der Waals surface area contributed by atoms with E-state index < -0.39 is 82.2 Å². The number of fused-ring (bicyclic) bond motifs is 3. The SMILES string of the molecule is [2H]C([2H])([2H])Oc1cc2c(cc1OC([2H])([2H])[2H])C1CC(=O)C([2H])(C([2H])([2H])C([2H])(C([2H])([2H])[2H])C([2H])([2H])[2H])C([2H])([2H])N1CC2. The first-order valence-corrected chi connectivity index (χ1v) is 6.88. The lowest BCUT2D eigenvalue weighted by Gasteiger charge is -2.43. The first-order chi connectivity index (χ1) is 18.0. The molecule has 2 unspecified atom stereocenters. The average molecular weight is 336 g/mol. The number of Topliss-reactive ketones (excluding diaryl/α,β-unsaturated/α-hetero) is 1. The van der Waals surface area contributed by atoms with Crippen LogP contribution in [0.5, 0.6) is 11.5 Å². The van der Waals surface area contributed by atoms with Crippen LogP contribution in [0.25, 0.3) is 0 Å². The van der Waals surface area contributed by atoms with Gasteiger partial charge in [0.15, 0.2) is 11.5 Å². The van der Waals surface area contributed by atoms with E-state index in [1.54, 1.807) is 0 Å². The molecule has 2 atom stereocenters. The number of rotatable bonds is 4. The number of benzene rings is 1. The van der Waals surface area contributed by atoms with Gasteiger partial charge in [0.25, 0.3) is 0 Å². The maximum atomic E-state index is 13.5. The number of ether oxygens (including phenoxy) is 2. The molecule has 0 amide bonds. The van der Waals surface area contributed by atoms with Gasteiger partial charge in [-0.2, -0.15) is 0 Å². The van der Waals surface area contributed by atoms with Gasteiger partial charge < -0.3 is 9.47 Å². The Kier molecular flexibility index (Phi) is 1.48. The number of hydrogen-bond donors (Lipinski definition) is 0. The lowest BCUT2D eigenvalue weighted by molar-refractivity contribution is -0.129. The number of ketones is 1. The summed E-state index contributed by atoms with van der Waals surface area (Å²) in [5, 5.41) is 0. The van der Waals surface area contributed by atoms with Crippen molar-refractivity contribution in [1.82, 2.24) is 4.90 Å². The highest BCUT2D eigenvalue weighted by Crippen LogP contribution is 2.42. The Hall–Kier alpha value is -1.55. The Morgan fingerprint density at radius 3 is 3.00 bits per heavy atom. The maximum absolute atomic E-state index is 13.5.